The summed E-state index contributed by atoms with van der Waals surface area (Å²) in [6.07, 6.45) is 0.830. The van der Waals surface area contributed by atoms with Crippen molar-refractivity contribution in [1.29, 1.82) is 0 Å². The van der Waals surface area contributed by atoms with Crippen LogP contribution in [0.15, 0.2) is 54.6 Å². The number of nitrogens with zero attached hydrogens (tertiary/aromatic N) is 1. The van der Waals surface area contributed by atoms with E-state index in [0.29, 0.717) is 22.0 Å². The smallest absolute Gasteiger partial charge is 0.326 e. The summed E-state index contributed by atoms with van der Waals surface area (Å²) < 4.78 is 55.3. The molecule has 0 spiro atoms. The van der Waals surface area contributed by atoms with Crippen LogP contribution in [0, 0.1) is 5.82 Å². The molecular weight excluding hydrogens is 449 g/mol. The highest BCUT2D eigenvalue weighted by Crippen LogP contribution is 2.40. The SMILES string of the molecule is O=C1CN(c2c(OCc3ccccc3)cc3ccc(O[C@@H]4CCNC4)cc3c2F)S(=O)(=O)N1. The Morgan fingerprint density at radius 3 is 2.64 bits per heavy atom. The molecule has 10 heteroatoms. The lowest BCUT2D eigenvalue weighted by Crippen LogP contribution is -2.30. The van der Waals surface area contributed by atoms with E-state index in [1.54, 1.807) is 24.3 Å². The van der Waals surface area contributed by atoms with E-state index in [9.17, 15) is 13.2 Å². The quantitative estimate of drug-likeness (QED) is 0.574. The van der Waals surface area contributed by atoms with E-state index < -0.39 is 28.5 Å². The van der Waals surface area contributed by atoms with Crippen LogP contribution in [-0.4, -0.2) is 40.1 Å². The topological polar surface area (TPSA) is 97.0 Å². The van der Waals surface area contributed by atoms with Crippen molar-refractivity contribution in [3.63, 3.8) is 0 Å². The molecule has 0 saturated carbocycles. The number of carbonyl (C=O) groups is 1. The molecule has 0 aromatic heterocycles. The summed E-state index contributed by atoms with van der Waals surface area (Å²) in [6, 6.07) is 15.8. The molecule has 2 fully saturated rings. The molecule has 3 aromatic rings. The Balaban J connectivity index is 1.58. The summed E-state index contributed by atoms with van der Waals surface area (Å²) in [7, 11) is -4.24. The number of fused-ring (bicyclic) bond motifs is 1. The van der Waals surface area contributed by atoms with Gasteiger partial charge in [-0.05, 0) is 42.1 Å². The maximum atomic E-state index is 15.9. The lowest BCUT2D eigenvalue weighted by Gasteiger charge is -2.21. The number of halogens is 1. The largest absolute Gasteiger partial charge is 0.489 e. The van der Waals surface area contributed by atoms with Crippen molar-refractivity contribution in [3.05, 3.63) is 66.0 Å². The summed E-state index contributed by atoms with van der Waals surface area (Å²) in [6.45, 7) is 1.13. The number of benzene rings is 3. The monoisotopic (exact) mass is 471 g/mol. The van der Waals surface area contributed by atoms with Gasteiger partial charge in [-0.25, -0.2) is 13.4 Å². The van der Waals surface area contributed by atoms with E-state index in [-0.39, 0.29) is 29.5 Å². The van der Waals surface area contributed by atoms with Gasteiger partial charge in [-0.15, -0.1) is 0 Å². The van der Waals surface area contributed by atoms with Crippen LogP contribution >= 0.6 is 0 Å². The zero-order chi connectivity index (χ0) is 23.0. The van der Waals surface area contributed by atoms with Crippen molar-refractivity contribution >= 4 is 32.6 Å². The van der Waals surface area contributed by atoms with Crippen LogP contribution in [0.3, 0.4) is 0 Å². The molecule has 5 rings (SSSR count). The van der Waals surface area contributed by atoms with Gasteiger partial charge in [0.25, 0.3) is 5.91 Å². The van der Waals surface area contributed by atoms with Crippen molar-refractivity contribution in [1.82, 2.24) is 10.0 Å². The third-order valence-corrected chi connectivity index (χ3v) is 6.99. The van der Waals surface area contributed by atoms with Gasteiger partial charge in [0.2, 0.25) is 0 Å². The number of carbonyl (C=O) groups excluding carboxylic acids is 1. The fraction of sp³-hybridized carbons (Fsp3) is 0.261. The van der Waals surface area contributed by atoms with Crippen molar-refractivity contribution in [2.45, 2.75) is 19.1 Å². The zero-order valence-electron chi connectivity index (χ0n) is 17.6. The molecule has 2 N–H and O–H groups in total. The maximum Gasteiger partial charge on any atom is 0.326 e. The molecule has 0 radical (unpaired) electrons. The van der Waals surface area contributed by atoms with E-state index >= 15 is 4.39 Å². The van der Waals surface area contributed by atoms with Gasteiger partial charge in [0.05, 0.1) is 0 Å². The van der Waals surface area contributed by atoms with Gasteiger partial charge < -0.3 is 14.8 Å². The summed E-state index contributed by atoms with van der Waals surface area (Å²) >= 11 is 0. The Bertz CT molecular complexity index is 1310. The molecule has 0 bridgehead atoms. The van der Waals surface area contributed by atoms with Gasteiger partial charge in [-0.1, -0.05) is 36.4 Å². The third-order valence-electron chi connectivity index (χ3n) is 5.61. The first-order valence-electron chi connectivity index (χ1n) is 10.5. The van der Waals surface area contributed by atoms with E-state index in [1.165, 1.54) is 0 Å². The van der Waals surface area contributed by atoms with Gasteiger partial charge in [0.15, 0.2) is 5.82 Å². The zero-order valence-corrected chi connectivity index (χ0v) is 18.4. The highest BCUT2D eigenvalue weighted by Gasteiger charge is 2.38. The number of amides is 1. The van der Waals surface area contributed by atoms with Gasteiger partial charge in [0.1, 0.15) is 36.4 Å². The predicted molar refractivity (Wildman–Crippen MR) is 121 cm³/mol. The fourth-order valence-electron chi connectivity index (χ4n) is 4.01. The molecule has 2 saturated heterocycles. The fourth-order valence-corrected chi connectivity index (χ4v) is 5.17. The van der Waals surface area contributed by atoms with Gasteiger partial charge in [-0.3, -0.25) is 4.79 Å². The van der Waals surface area contributed by atoms with Crippen LogP contribution < -0.4 is 23.8 Å². The average Bonchev–Trinajstić information content (AvgIpc) is 3.40. The molecule has 3 aromatic carbocycles. The molecule has 2 aliphatic rings. The molecule has 1 atom stereocenters. The van der Waals surface area contributed by atoms with Crippen LogP contribution in [0.1, 0.15) is 12.0 Å². The van der Waals surface area contributed by atoms with Crippen molar-refractivity contribution < 1.29 is 27.1 Å². The van der Waals surface area contributed by atoms with E-state index in [4.69, 9.17) is 9.47 Å². The third kappa shape index (κ3) is 4.31. The summed E-state index contributed by atoms with van der Waals surface area (Å²) in [5, 5.41) is 3.90. The molecule has 0 unspecified atom stereocenters. The normalized spacial score (nSPS) is 19.6. The molecular formula is C23H22FN3O5S. The second-order valence-corrected chi connectivity index (χ2v) is 9.56. The molecule has 2 heterocycles. The van der Waals surface area contributed by atoms with E-state index in [2.05, 4.69) is 5.32 Å². The first kappa shape index (κ1) is 21.5. The van der Waals surface area contributed by atoms with Gasteiger partial charge in [-0.2, -0.15) is 8.42 Å². The Kier molecular flexibility index (Phi) is 5.55. The Morgan fingerprint density at radius 1 is 1.12 bits per heavy atom. The summed E-state index contributed by atoms with van der Waals surface area (Å²) in [5.41, 5.74) is 0.521. The number of anilines is 1. The number of hydrogen-bond donors (Lipinski definition) is 2. The Labute approximate surface area is 190 Å². The molecule has 172 valence electrons. The maximum absolute atomic E-state index is 15.9. The Hall–Kier alpha value is -3.37. The minimum atomic E-state index is -4.24. The van der Waals surface area contributed by atoms with Crippen molar-refractivity contribution in [2.24, 2.45) is 0 Å². The molecule has 8 nitrogen and oxygen atoms in total. The van der Waals surface area contributed by atoms with Crippen molar-refractivity contribution in [2.75, 3.05) is 23.9 Å². The van der Waals surface area contributed by atoms with Crippen LogP contribution in [0.5, 0.6) is 11.5 Å². The second kappa shape index (κ2) is 8.53. The molecule has 2 aliphatic heterocycles. The molecule has 33 heavy (non-hydrogen) atoms. The van der Waals surface area contributed by atoms with Crippen LogP contribution in [0.2, 0.25) is 0 Å². The predicted octanol–water partition coefficient (Wildman–Crippen LogP) is 2.48. The second-order valence-electron chi connectivity index (χ2n) is 7.96. The minimum Gasteiger partial charge on any atom is -0.489 e. The summed E-state index contributed by atoms with van der Waals surface area (Å²) in [5.74, 6) is -1.03. The first-order chi connectivity index (χ1) is 15.9. The number of hydrogen-bond acceptors (Lipinski definition) is 6. The number of rotatable bonds is 6. The lowest BCUT2D eigenvalue weighted by molar-refractivity contribution is -0.117. The van der Waals surface area contributed by atoms with Crippen LogP contribution in [0.4, 0.5) is 10.1 Å². The minimum absolute atomic E-state index is 0.0146. The lowest BCUT2D eigenvalue weighted by atomic mass is 10.1. The Morgan fingerprint density at radius 2 is 1.94 bits per heavy atom. The van der Waals surface area contributed by atoms with Crippen molar-refractivity contribution in [3.8, 4) is 11.5 Å². The van der Waals surface area contributed by atoms with E-state index in [1.807, 2.05) is 35.1 Å². The first-order valence-corrected chi connectivity index (χ1v) is 12.0. The van der Waals surface area contributed by atoms with Gasteiger partial charge in [0, 0.05) is 11.9 Å². The highest BCUT2D eigenvalue weighted by atomic mass is 32.2. The number of nitrogens with one attached hydrogen (secondary N) is 2. The van der Waals surface area contributed by atoms with Crippen LogP contribution in [-0.2, 0) is 21.6 Å². The number of ether oxygens (including phenoxy) is 2. The average molecular weight is 472 g/mol. The van der Waals surface area contributed by atoms with Crippen LogP contribution in [0.25, 0.3) is 10.8 Å². The molecule has 1 amide bonds. The highest BCUT2D eigenvalue weighted by molar-refractivity contribution is 7.92. The van der Waals surface area contributed by atoms with Gasteiger partial charge >= 0.3 is 10.2 Å². The summed E-state index contributed by atoms with van der Waals surface area (Å²) in [4.78, 5) is 11.8. The molecule has 0 aliphatic carbocycles. The standard InChI is InChI=1S/C23H22FN3O5S/c24-22-19-11-17(32-18-8-9-25-12-18)7-6-16(19)10-20(31-14-15-4-2-1-3-5-15)23(22)27-13-21(28)26-33(27,29)30/h1-7,10-11,18,25H,8-9,12-14H2,(H,26,28)/t18-/m1/s1. The van der Waals surface area contributed by atoms with E-state index in [0.717, 1.165) is 18.5 Å².